The molecule has 0 spiro atoms. The normalized spacial score (nSPS) is 13.5. The highest BCUT2D eigenvalue weighted by atomic mass is 16.7. The molecule has 0 heterocycles. The van der Waals surface area contributed by atoms with Crippen molar-refractivity contribution in [3.8, 4) is 0 Å². The third-order valence-electron chi connectivity index (χ3n) is 2.21. The topological polar surface area (TPSA) is 180 Å². The van der Waals surface area contributed by atoms with Crippen molar-refractivity contribution in [1.82, 2.24) is 0 Å². The molecule has 0 unspecified atom stereocenters. The van der Waals surface area contributed by atoms with Gasteiger partial charge in [-0.25, -0.2) is 0 Å². The summed E-state index contributed by atoms with van der Waals surface area (Å²) in [6.45, 7) is 0. The molecule has 9 nitrogen and oxygen atoms in total. The Hall–Kier alpha value is -1.46. The zero-order chi connectivity index (χ0) is 14.2. The summed E-state index contributed by atoms with van der Waals surface area (Å²) in [4.78, 5) is 0. The predicted molar refractivity (Wildman–Crippen MR) is 58.2 cm³/mol. The molecule has 0 aliphatic carbocycles. The fourth-order valence-electron chi connectivity index (χ4n) is 1.17. The van der Waals surface area contributed by atoms with E-state index in [1.54, 1.807) is 5.32 Å². The second-order valence-corrected chi connectivity index (χ2v) is 3.73. The lowest BCUT2D eigenvalue weighted by atomic mass is 10.1. The average Bonchev–Trinajstić information content (AvgIpc) is 2.18. The Bertz CT molecular complexity index is 392. The third kappa shape index (κ3) is 2.68. The third-order valence-corrected chi connectivity index (χ3v) is 2.21. The summed E-state index contributed by atoms with van der Waals surface area (Å²) < 4.78 is 0. The fraction of sp³-hybridized carbons (Fsp3) is 0.333. The number of hydrogen-bond acceptors (Lipinski definition) is 9. The average molecular weight is 262 g/mol. The first-order valence-electron chi connectivity index (χ1n) is 4.68. The van der Waals surface area contributed by atoms with E-state index in [9.17, 15) is 5.11 Å². The summed E-state index contributed by atoms with van der Waals surface area (Å²) in [5, 5.41) is 64.6. The lowest BCUT2D eigenvalue weighted by molar-refractivity contribution is -0.486. The molecule has 102 valence electrons. The lowest BCUT2D eigenvalue weighted by Crippen LogP contribution is -2.72. The molecule has 0 saturated heterocycles. The Kier molecular flexibility index (Phi) is 3.51. The summed E-state index contributed by atoms with van der Waals surface area (Å²) in [6.07, 6.45) is 0. The monoisotopic (exact) mass is 262 g/mol. The van der Waals surface area contributed by atoms with Crippen LogP contribution in [0.4, 0.5) is 11.4 Å². The second-order valence-electron chi connectivity index (χ2n) is 3.73. The van der Waals surface area contributed by atoms with E-state index in [4.69, 9.17) is 36.4 Å². The molecule has 10 N–H and O–H groups in total. The van der Waals surface area contributed by atoms with E-state index < -0.39 is 17.7 Å². The minimum atomic E-state index is -4.05. The van der Waals surface area contributed by atoms with Gasteiger partial charge in [-0.3, -0.25) is 0 Å². The van der Waals surface area contributed by atoms with Crippen molar-refractivity contribution in [2.45, 2.75) is 17.7 Å². The van der Waals surface area contributed by atoms with E-state index in [-0.39, 0.29) is 5.69 Å². The van der Waals surface area contributed by atoms with Crippen LogP contribution in [0.3, 0.4) is 0 Å². The maximum absolute atomic E-state index is 9.56. The Morgan fingerprint density at radius 3 is 1.50 bits per heavy atom. The zero-order valence-corrected chi connectivity index (χ0v) is 9.02. The van der Waals surface area contributed by atoms with E-state index in [0.29, 0.717) is 5.69 Å². The summed E-state index contributed by atoms with van der Waals surface area (Å²) >= 11 is 0. The number of aliphatic hydroxyl groups is 7. The first kappa shape index (κ1) is 14.6. The van der Waals surface area contributed by atoms with Crippen molar-refractivity contribution in [1.29, 1.82) is 0 Å². The number of hydrogen-bond donors (Lipinski definition) is 9. The molecular formula is C9H14N2O7. The van der Waals surface area contributed by atoms with Crippen LogP contribution in [0.2, 0.25) is 0 Å². The molecular weight excluding hydrogens is 248 g/mol. The zero-order valence-electron chi connectivity index (χ0n) is 9.02. The van der Waals surface area contributed by atoms with Crippen LogP contribution < -0.4 is 11.1 Å². The van der Waals surface area contributed by atoms with Gasteiger partial charge in [0.15, 0.2) is 0 Å². The molecule has 0 saturated carbocycles. The summed E-state index contributed by atoms with van der Waals surface area (Å²) in [5.41, 5.74) is 1.95. The van der Waals surface area contributed by atoms with Gasteiger partial charge >= 0.3 is 17.7 Å². The lowest BCUT2D eigenvalue weighted by Gasteiger charge is -2.40. The Morgan fingerprint density at radius 2 is 1.17 bits per heavy atom. The number of benzene rings is 1. The van der Waals surface area contributed by atoms with E-state index in [0.717, 1.165) is 0 Å². The summed E-state index contributed by atoms with van der Waals surface area (Å²) in [6, 6.07) is 5.12. The number of anilines is 2. The first-order chi connectivity index (χ1) is 7.97. The van der Waals surface area contributed by atoms with Crippen LogP contribution in [-0.2, 0) is 0 Å². The van der Waals surface area contributed by atoms with E-state index >= 15 is 0 Å². The molecule has 0 aliphatic heterocycles. The molecule has 0 aliphatic rings. The van der Waals surface area contributed by atoms with Crippen LogP contribution in [0.25, 0.3) is 0 Å². The van der Waals surface area contributed by atoms with Crippen LogP contribution in [0.5, 0.6) is 0 Å². The first-order valence-corrected chi connectivity index (χ1v) is 4.68. The van der Waals surface area contributed by atoms with Gasteiger partial charge < -0.3 is 46.8 Å². The quantitative estimate of drug-likeness (QED) is 0.198. The van der Waals surface area contributed by atoms with Crippen molar-refractivity contribution in [2.75, 3.05) is 11.1 Å². The van der Waals surface area contributed by atoms with E-state index in [1.807, 2.05) is 0 Å². The van der Waals surface area contributed by atoms with Crippen molar-refractivity contribution < 1.29 is 35.7 Å². The van der Waals surface area contributed by atoms with Gasteiger partial charge in [-0.1, -0.05) is 0 Å². The largest absolute Gasteiger partial charge is 0.399 e. The van der Waals surface area contributed by atoms with Gasteiger partial charge in [0.05, 0.1) is 0 Å². The number of nitrogen functional groups attached to an aromatic ring is 1. The summed E-state index contributed by atoms with van der Waals surface area (Å²) in [7, 11) is 0. The molecule has 0 amide bonds. The van der Waals surface area contributed by atoms with E-state index in [2.05, 4.69) is 0 Å². The molecule has 1 aromatic carbocycles. The van der Waals surface area contributed by atoms with Gasteiger partial charge in [0.2, 0.25) is 0 Å². The number of rotatable bonds is 4. The molecule has 18 heavy (non-hydrogen) atoms. The highest BCUT2D eigenvalue weighted by Gasteiger charge is 2.62. The Labute approximate surface area is 101 Å². The van der Waals surface area contributed by atoms with Crippen molar-refractivity contribution in [3.05, 3.63) is 24.3 Å². The number of nitrogens with two attached hydrogens (primary N) is 1. The second kappa shape index (κ2) is 4.33. The van der Waals surface area contributed by atoms with Gasteiger partial charge in [-0.05, 0) is 24.3 Å². The fourth-order valence-corrected chi connectivity index (χ4v) is 1.17. The molecule has 1 rings (SSSR count). The van der Waals surface area contributed by atoms with Gasteiger partial charge in [0, 0.05) is 11.4 Å². The molecule has 1 aromatic rings. The maximum Gasteiger partial charge on any atom is 0.334 e. The molecule has 0 bridgehead atoms. The maximum atomic E-state index is 9.56. The van der Waals surface area contributed by atoms with Gasteiger partial charge in [-0.2, -0.15) is 0 Å². The summed E-state index contributed by atoms with van der Waals surface area (Å²) in [5.74, 6) is -8.10. The molecule has 0 atom stereocenters. The predicted octanol–water partition coefficient (Wildman–Crippen LogP) is -3.37. The minimum Gasteiger partial charge on any atom is -0.399 e. The van der Waals surface area contributed by atoms with Gasteiger partial charge in [-0.15, -0.1) is 0 Å². The van der Waals surface area contributed by atoms with Crippen molar-refractivity contribution in [2.24, 2.45) is 0 Å². The van der Waals surface area contributed by atoms with E-state index in [1.165, 1.54) is 24.3 Å². The van der Waals surface area contributed by atoms with Crippen molar-refractivity contribution in [3.63, 3.8) is 0 Å². The number of nitrogens with one attached hydrogen (secondary N) is 1. The van der Waals surface area contributed by atoms with Gasteiger partial charge in [0.25, 0.3) is 0 Å². The van der Waals surface area contributed by atoms with Crippen LogP contribution in [0.15, 0.2) is 24.3 Å². The highest BCUT2D eigenvalue weighted by Crippen LogP contribution is 2.29. The van der Waals surface area contributed by atoms with Crippen LogP contribution in [0, 0.1) is 0 Å². The standard InChI is InChI=1S/C9H14N2O7/c10-5-1-3-6(4-2-5)11-7(12,8(13,14)15)9(16,17)18/h1-4,11-18H,10H2. The minimum absolute atomic E-state index is 0.0882. The Balaban J connectivity index is 3.12. The molecule has 0 radical (unpaired) electrons. The molecule has 0 fully saturated rings. The SMILES string of the molecule is Nc1ccc(NC(O)(C(O)(O)O)C(O)(O)O)cc1. The Morgan fingerprint density at radius 1 is 0.778 bits per heavy atom. The highest BCUT2D eigenvalue weighted by molar-refractivity contribution is 5.52. The smallest absolute Gasteiger partial charge is 0.334 e. The van der Waals surface area contributed by atoms with Gasteiger partial charge in [0.1, 0.15) is 0 Å². The van der Waals surface area contributed by atoms with Crippen LogP contribution >= 0.6 is 0 Å². The van der Waals surface area contributed by atoms with Crippen LogP contribution in [0.1, 0.15) is 0 Å². The van der Waals surface area contributed by atoms with Crippen molar-refractivity contribution >= 4 is 11.4 Å². The molecule has 9 heteroatoms. The van der Waals surface area contributed by atoms with Crippen LogP contribution in [-0.4, -0.2) is 53.4 Å². The molecule has 0 aromatic heterocycles.